The normalized spacial score (nSPS) is 14.9. The zero-order chi connectivity index (χ0) is 56.7. The van der Waals surface area contributed by atoms with Crippen molar-refractivity contribution in [3.05, 3.63) is 113 Å². The van der Waals surface area contributed by atoms with E-state index >= 15 is 0 Å². The summed E-state index contributed by atoms with van der Waals surface area (Å²) >= 11 is 0. The number of anilines is 2. The highest BCUT2D eigenvalue weighted by atomic mass is 16.6. The first-order chi connectivity index (χ1) is 39.2. The van der Waals surface area contributed by atoms with Gasteiger partial charge < -0.3 is 55.3 Å². The Balaban J connectivity index is 0.658. The number of hydrogen-bond acceptors (Lipinski definition) is 19. The molecular weight excluding hydrogens is 1040 g/mol. The minimum atomic E-state index is -0.557. The van der Waals surface area contributed by atoms with Crippen LogP contribution in [0, 0.1) is 0 Å². The average Bonchev–Trinajstić information content (AvgIpc) is 4.33. The number of methoxy groups -OCH3 is 1. The van der Waals surface area contributed by atoms with Crippen LogP contribution in [0.1, 0.15) is 65.2 Å². The number of ether oxygens (including phenoxy) is 4. The zero-order valence-corrected chi connectivity index (χ0v) is 45.4. The summed E-state index contributed by atoms with van der Waals surface area (Å²) in [5, 5.41) is 36.8. The Labute approximate surface area is 465 Å². The average molecular weight is 1110 g/mol. The van der Waals surface area contributed by atoms with Crippen molar-refractivity contribution in [1.29, 1.82) is 0 Å². The number of aromatic nitrogens is 7. The second-order valence-electron chi connectivity index (χ2n) is 19.9. The van der Waals surface area contributed by atoms with Crippen molar-refractivity contribution in [3.8, 4) is 51.6 Å². The van der Waals surface area contributed by atoms with E-state index in [1.165, 1.54) is 18.5 Å². The molecule has 25 heteroatoms. The summed E-state index contributed by atoms with van der Waals surface area (Å²) in [7, 11) is 1.54. The molecule has 3 aliphatic rings. The minimum absolute atomic E-state index is 0.0352. The Bertz CT molecular complexity index is 3520. The van der Waals surface area contributed by atoms with Crippen LogP contribution in [0.15, 0.2) is 90.2 Å². The SMILES string of the molecule is CCNC(=O)c1nnc(-c2cc(C(C)C)c(O)cc2O)n1-c1ccc(CN2CCN(C(=O)Oc3ccc(OC(=O)N4CCN(CCCOc5ccc6c7n(c(=NC(=O)c8cnc(N)nc8)nc6c5OC)CCN7)CC4)cc3)CC2)cc1. The number of nitrogens with zero attached hydrogens (tertiary/aromatic N) is 12. The van der Waals surface area contributed by atoms with E-state index in [1.807, 2.05) is 61.7 Å². The van der Waals surface area contributed by atoms with Crippen LogP contribution in [0.4, 0.5) is 21.4 Å². The molecule has 0 saturated carbocycles. The summed E-state index contributed by atoms with van der Waals surface area (Å²) in [6.07, 6.45) is 2.42. The highest BCUT2D eigenvalue weighted by molar-refractivity contribution is 5.97. The van der Waals surface area contributed by atoms with Crippen molar-refractivity contribution in [1.82, 2.24) is 59.2 Å². The van der Waals surface area contributed by atoms with Gasteiger partial charge in [0.15, 0.2) is 17.3 Å². The number of carbonyl (C=O) groups excluding carboxylic acids is 4. The molecule has 81 heavy (non-hydrogen) atoms. The number of nitrogens with one attached hydrogen (secondary N) is 2. The minimum Gasteiger partial charge on any atom is -0.508 e. The topological polar surface area (TPSA) is 295 Å². The molecule has 4 amide bonds. The fraction of sp³-hybridized carbons (Fsp3) is 0.357. The molecule has 10 rings (SSSR count). The van der Waals surface area contributed by atoms with Gasteiger partial charge in [-0.15, -0.1) is 10.2 Å². The van der Waals surface area contributed by atoms with Crippen LogP contribution >= 0.6 is 0 Å². The molecule has 0 atom stereocenters. The van der Waals surface area contributed by atoms with Crippen molar-refractivity contribution in [3.63, 3.8) is 0 Å². The number of aromatic hydroxyl groups is 2. The summed E-state index contributed by atoms with van der Waals surface area (Å²) < 4.78 is 26.9. The molecule has 6 N–H and O–H groups in total. The van der Waals surface area contributed by atoms with Gasteiger partial charge in [-0.2, -0.15) is 4.99 Å². The second-order valence-corrected chi connectivity index (χ2v) is 19.9. The van der Waals surface area contributed by atoms with Crippen molar-refractivity contribution in [2.24, 2.45) is 4.99 Å². The van der Waals surface area contributed by atoms with E-state index in [4.69, 9.17) is 29.7 Å². The van der Waals surface area contributed by atoms with E-state index in [9.17, 15) is 29.4 Å². The number of nitrogens with two attached hydrogens (primary N) is 1. The number of phenols is 2. The summed E-state index contributed by atoms with van der Waals surface area (Å²) in [4.78, 5) is 77.2. The number of carbonyl (C=O) groups is 4. The molecule has 0 bridgehead atoms. The number of hydrogen-bond donors (Lipinski definition) is 5. The molecule has 25 nitrogen and oxygen atoms in total. The van der Waals surface area contributed by atoms with Gasteiger partial charge in [0.2, 0.25) is 17.4 Å². The van der Waals surface area contributed by atoms with Gasteiger partial charge in [-0.05, 0) is 85.0 Å². The molecule has 7 aromatic rings. The van der Waals surface area contributed by atoms with E-state index in [0.717, 1.165) is 23.3 Å². The van der Waals surface area contributed by atoms with Gasteiger partial charge >= 0.3 is 12.2 Å². The Morgan fingerprint density at radius 1 is 0.802 bits per heavy atom. The first-order valence-electron chi connectivity index (χ1n) is 26.8. The van der Waals surface area contributed by atoms with Crippen LogP contribution in [0.25, 0.3) is 28.0 Å². The van der Waals surface area contributed by atoms with Crippen molar-refractivity contribution in [2.75, 3.05) is 96.8 Å². The fourth-order valence-corrected chi connectivity index (χ4v) is 9.90. The smallest absolute Gasteiger partial charge is 0.415 e. The molecule has 0 spiro atoms. The molecule has 2 saturated heterocycles. The third-order valence-electron chi connectivity index (χ3n) is 14.2. The summed E-state index contributed by atoms with van der Waals surface area (Å²) in [5.41, 5.74) is 9.03. The molecule has 0 unspecified atom stereocenters. The van der Waals surface area contributed by atoms with Gasteiger partial charge in [0, 0.05) is 115 Å². The molecule has 3 aromatic heterocycles. The van der Waals surface area contributed by atoms with E-state index in [2.05, 4.69) is 45.6 Å². The predicted molar refractivity (Wildman–Crippen MR) is 297 cm³/mol. The lowest BCUT2D eigenvalue weighted by molar-refractivity contribution is 0.0941. The number of rotatable bonds is 16. The fourth-order valence-electron chi connectivity index (χ4n) is 9.90. The van der Waals surface area contributed by atoms with Gasteiger partial charge in [0.25, 0.3) is 11.8 Å². The maximum Gasteiger partial charge on any atom is 0.415 e. The number of phenolic OH excluding ortho intramolecular Hbond substituents is 2. The summed E-state index contributed by atoms with van der Waals surface area (Å²) in [5.74, 6) is 1.44. The van der Waals surface area contributed by atoms with Gasteiger partial charge in [0.1, 0.15) is 34.3 Å². The lowest BCUT2D eigenvalue weighted by Gasteiger charge is -2.34. The molecule has 0 radical (unpaired) electrons. The Morgan fingerprint density at radius 3 is 2.09 bits per heavy atom. The first-order valence-corrected chi connectivity index (χ1v) is 26.8. The van der Waals surface area contributed by atoms with Crippen LogP contribution in [-0.2, 0) is 13.1 Å². The van der Waals surface area contributed by atoms with Crippen LogP contribution in [0.2, 0.25) is 0 Å². The highest BCUT2D eigenvalue weighted by Crippen LogP contribution is 2.39. The lowest BCUT2D eigenvalue weighted by atomic mass is 9.98. The quantitative estimate of drug-likeness (QED) is 0.0794. The van der Waals surface area contributed by atoms with E-state index in [1.54, 1.807) is 51.8 Å². The van der Waals surface area contributed by atoms with Crippen molar-refractivity contribution >= 4 is 46.7 Å². The predicted octanol–water partition coefficient (Wildman–Crippen LogP) is 5.02. The maximum atomic E-state index is 13.2. The van der Waals surface area contributed by atoms with E-state index in [0.29, 0.717) is 137 Å². The Morgan fingerprint density at radius 2 is 1.46 bits per heavy atom. The lowest BCUT2D eigenvalue weighted by Crippen LogP contribution is -2.49. The molecule has 3 aliphatic heterocycles. The highest BCUT2D eigenvalue weighted by Gasteiger charge is 2.28. The maximum absolute atomic E-state index is 13.2. The van der Waals surface area contributed by atoms with E-state index in [-0.39, 0.29) is 46.2 Å². The number of benzene rings is 4. The van der Waals surface area contributed by atoms with Gasteiger partial charge in [-0.3, -0.25) is 28.5 Å². The van der Waals surface area contributed by atoms with E-state index < -0.39 is 24.0 Å². The van der Waals surface area contributed by atoms with Crippen LogP contribution in [-0.4, -0.2) is 174 Å². The second kappa shape index (κ2) is 24.3. The van der Waals surface area contributed by atoms with Gasteiger partial charge in [-0.1, -0.05) is 26.0 Å². The van der Waals surface area contributed by atoms with Crippen LogP contribution < -0.4 is 40.9 Å². The van der Waals surface area contributed by atoms with Gasteiger partial charge in [-0.25, -0.2) is 24.5 Å². The van der Waals surface area contributed by atoms with Gasteiger partial charge in [0.05, 0.1) is 24.8 Å². The largest absolute Gasteiger partial charge is 0.508 e. The Hall–Kier alpha value is -9.36. The number of amides is 4. The van der Waals surface area contributed by atoms with Crippen molar-refractivity contribution in [2.45, 2.75) is 46.2 Å². The molecule has 4 aromatic carbocycles. The molecular formula is C56H63N15O10. The third kappa shape index (κ3) is 12.3. The number of fused-ring (bicyclic) bond motifs is 3. The summed E-state index contributed by atoms with van der Waals surface area (Å²) in [6, 6.07) is 20.7. The number of piperazine rings is 2. The molecule has 6 heterocycles. The van der Waals surface area contributed by atoms with Crippen LogP contribution in [0.5, 0.6) is 34.5 Å². The number of nitrogen functional groups attached to an aromatic ring is 1. The van der Waals surface area contributed by atoms with Crippen molar-refractivity contribution < 1.29 is 48.3 Å². The third-order valence-corrected chi connectivity index (χ3v) is 14.2. The Kier molecular flexibility index (Phi) is 16.5. The zero-order valence-electron chi connectivity index (χ0n) is 45.4. The molecule has 2 fully saturated rings. The summed E-state index contributed by atoms with van der Waals surface area (Å²) in [6.45, 7) is 13.4. The molecule has 0 aliphatic carbocycles. The first kappa shape index (κ1) is 55.0. The monoisotopic (exact) mass is 1110 g/mol. The standard InChI is InChI=1S/C56H63N15O10/c1-5-58-52(75)50-65-64-49(42-29-41(34(2)3)43(72)30-44(42)73)71(50)37-9-7-35(8-10-37)33-67-22-26-69(27-23-67)56(77)81-39-13-11-38(12-14-39)80-55(76)68-24-20-66(21-25-68)18-6-28-79-45-16-15-40-46(47(45)78-4)62-54(70-19-17-59-48(40)70)63-51(74)36-31-60-53(57)61-32-36/h7-16,29-32,34,59,72-73H,5-6,17-28,33H2,1-4H3,(H,58,75)(H2,57,60,61). The molecule has 422 valence electrons. The van der Waals surface area contributed by atoms with Crippen LogP contribution in [0.3, 0.4) is 0 Å².